The lowest BCUT2D eigenvalue weighted by Gasteiger charge is -2.51. The normalized spacial score (nSPS) is 26.3. The molecule has 1 fully saturated rings. The van der Waals surface area contributed by atoms with Crippen LogP contribution in [-0.2, 0) is 9.53 Å². The maximum atomic E-state index is 11.8. The Labute approximate surface area is 125 Å². The van der Waals surface area contributed by atoms with E-state index in [2.05, 4.69) is 10.6 Å². The number of rotatable bonds is 7. The fourth-order valence-corrected chi connectivity index (χ4v) is 2.48. The molecule has 0 aromatic heterocycles. The molecule has 7 heteroatoms. The zero-order chi connectivity index (χ0) is 16.3. The molecule has 1 aliphatic rings. The number of carboxylic acids is 1. The van der Waals surface area contributed by atoms with Crippen LogP contribution in [0.1, 0.15) is 40.5 Å². The first-order valence-corrected chi connectivity index (χ1v) is 7.18. The molecule has 0 spiro atoms. The van der Waals surface area contributed by atoms with Crippen molar-refractivity contribution in [2.75, 3.05) is 13.2 Å². The average Bonchev–Trinajstić information content (AvgIpc) is 2.34. The second-order valence-corrected chi connectivity index (χ2v) is 6.45. The molecule has 3 unspecified atom stereocenters. The molecule has 0 aromatic carbocycles. The van der Waals surface area contributed by atoms with Crippen LogP contribution in [-0.4, -0.2) is 53.1 Å². The largest absolute Gasteiger partial charge is 0.481 e. The van der Waals surface area contributed by atoms with Crippen molar-refractivity contribution in [3.8, 4) is 0 Å². The molecule has 0 heterocycles. The number of carbonyl (C=O) groups is 2. The second-order valence-electron chi connectivity index (χ2n) is 6.45. The molecule has 4 N–H and O–H groups in total. The summed E-state index contributed by atoms with van der Waals surface area (Å²) in [5.74, 6) is -1.11. The Hall–Kier alpha value is -1.34. The minimum Gasteiger partial charge on any atom is -0.481 e. The zero-order valence-electron chi connectivity index (χ0n) is 13.1. The van der Waals surface area contributed by atoms with Gasteiger partial charge in [0.25, 0.3) is 0 Å². The van der Waals surface area contributed by atoms with Gasteiger partial charge in [-0.2, -0.15) is 0 Å². The van der Waals surface area contributed by atoms with Gasteiger partial charge in [0.15, 0.2) is 0 Å². The van der Waals surface area contributed by atoms with Gasteiger partial charge in [0.2, 0.25) is 0 Å². The van der Waals surface area contributed by atoms with E-state index in [1.165, 1.54) is 6.92 Å². The molecule has 3 atom stereocenters. The van der Waals surface area contributed by atoms with Gasteiger partial charge in [-0.25, -0.2) is 4.79 Å². The molecule has 0 radical (unpaired) electrons. The number of carboxylic acid groups (broad SMARTS) is 1. The van der Waals surface area contributed by atoms with Crippen LogP contribution in [0.4, 0.5) is 4.79 Å². The van der Waals surface area contributed by atoms with Crippen LogP contribution >= 0.6 is 0 Å². The van der Waals surface area contributed by atoms with Gasteiger partial charge in [-0.1, -0.05) is 13.8 Å². The van der Waals surface area contributed by atoms with Crippen LogP contribution in [0.25, 0.3) is 0 Å². The van der Waals surface area contributed by atoms with E-state index >= 15 is 0 Å². The number of hydrogen-bond donors (Lipinski definition) is 4. The zero-order valence-corrected chi connectivity index (χ0v) is 13.1. The first-order chi connectivity index (χ1) is 9.58. The molecule has 2 amide bonds. The van der Waals surface area contributed by atoms with E-state index in [0.29, 0.717) is 6.61 Å². The maximum absolute atomic E-state index is 11.8. The third kappa shape index (κ3) is 4.86. The first kappa shape index (κ1) is 17.7. The third-order valence-electron chi connectivity index (χ3n) is 4.01. The fraction of sp³-hybridized carbons (Fsp3) is 0.857. The molecule has 0 bridgehead atoms. The smallest absolute Gasteiger partial charge is 0.315 e. The van der Waals surface area contributed by atoms with Crippen molar-refractivity contribution in [2.24, 2.45) is 5.41 Å². The number of carbonyl (C=O) groups excluding carboxylic acids is 1. The summed E-state index contributed by atoms with van der Waals surface area (Å²) in [5.41, 5.74) is -1.61. The summed E-state index contributed by atoms with van der Waals surface area (Å²) in [7, 11) is 0. The fourth-order valence-electron chi connectivity index (χ4n) is 2.48. The van der Waals surface area contributed by atoms with Gasteiger partial charge in [-0.05, 0) is 20.3 Å². The maximum Gasteiger partial charge on any atom is 0.315 e. The number of hydrogen-bond acceptors (Lipinski definition) is 4. The molecule has 0 aromatic rings. The molecule has 0 saturated heterocycles. The summed E-state index contributed by atoms with van der Waals surface area (Å²) in [4.78, 5) is 22.4. The molecular weight excluding hydrogens is 276 g/mol. The van der Waals surface area contributed by atoms with Crippen molar-refractivity contribution in [2.45, 2.75) is 58.3 Å². The molecule has 122 valence electrons. The van der Waals surface area contributed by atoms with E-state index in [9.17, 15) is 14.7 Å². The molecule has 1 rings (SSSR count). The van der Waals surface area contributed by atoms with Crippen molar-refractivity contribution in [1.82, 2.24) is 10.6 Å². The van der Waals surface area contributed by atoms with Gasteiger partial charge in [-0.3, -0.25) is 4.79 Å². The number of urea groups is 1. The third-order valence-corrected chi connectivity index (χ3v) is 4.01. The number of nitrogens with one attached hydrogen (secondary N) is 2. The lowest BCUT2D eigenvalue weighted by atomic mass is 9.64. The highest BCUT2D eigenvalue weighted by molar-refractivity contribution is 5.75. The molecule has 7 nitrogen and oxygen atoms in total. The van der Waals surface area contributed by atoms with Crippen molar-refractivity contribution in [3.63, 3.8) is 0 Å². The SMILES string of the molecule is CCOC1CC(NC(=O)NCC(C)(O)CC(=O)O)C1(C)C. The van der Waals surface area contributed by atoms with Crippen LogP contribution in [0.5, 0.6) is 0 Å². The lowest BCUT2D eigenvalue weighted by molar-refractivity contribution is -0.141. The van der Waals surface area contributed by atoms with Crippen molar-refractivity contribution in [1.29, 1.82) is 0 Å². The number of aliphatic hydroxyl groups is 1. The highest BCUT2D eigenvalue weighted by Gasteiger charge is 2.49. The Morgan fingerprint density at radius 2 is 2.05 bits per heavy atom. The van der Waals surface area contributed by atoms with E-state index in [1.807, 2.05) is 20.8 Å². The van der Waals surface area contributed by atoms with E-state index in [-0.39, 0.29) is 24.1 Å². The van der Waals surface area contributed by atoms with E-state index < -0.39 is 24.0 Å². The Morgan fingerprint density at radius 3 is 2.52 bits per heavy atom. The van der Waals surface area contributed by atoms with Crippen LogP contribution in [0, 0.1) is 5.41 Å². The predicted molar refractivity (Wildman–Crippen MR) is 77.0 cm³/mol. The molecule has 1 saturated carbocycles. The summed E-state index contributed by atoms with van der Waals surface area (Å²) in [6, 6.07) is -0.410. The Kier molecular flexibility index (Phi) is 5.58. The van der Waals surface area contributed by atoms with E-state index in [4.69, 9.17) is 9.84 Å². The van der Waals surface area contributed by atoms with Crippen LogP contribution in [0.15, 0.2) is 0 Å². The predicted octanol–water partition coefficient (Wildman–Crippen LogP) is 0.715. The molecule has 0 aliphatic heterocycles. The number of aliphatic carboxylic acids is 1. The van der Waals surface area contributed by atoms with E-state index in [0.717, 1.165) is 6.42 Å². The summed E-state index contributed by atoms with van der Waals surface area (Å²) in [6.07, 6.45) is 0.455. The number of ether oxygens (including phenoxy) is 1. The summed E-state index contributed by atoms with van der Waals surface area (Å²) in [6.45, 7) is 7.90. The highest BCUT2D eigenvalue weighted by atomic mass is 16.5. The topological polar surface area (TPSA) is 108 Å². The van der Waals surface area contributed by atoms with Gasteiger partial charge in [0.05, 0.1) is 18.1 Å². The van der Waals surface area contributed by atoms with Gasteiger partial charge in [0.1, 0.15) is 0 Å². The Balaban J connectivity index is 2.37. The summed E-state index contributed by atoms with van der Waals surface area (Å²) < 4.78 is 5.59. The van der Waals surface area contributed by atoms with Crippen LogP contribution < -0.4 is 10.6 Å². The summed E-state index contributed by atoms with van der Waals surface area (Å²) in [5, 5.41) is 23.8. The molecule has 1 aliphatic carbocycles. The first-order valence-electron chi connectivity index (χ1n) is 7.18. The highest BCUT2D eigenvalue weighted by Crippen LogP contribution is 2.42. The minimum absolute atomic E-state index is 0.00141. The average molecular weight is 302 g/mol. The van der Waals surface area contributed by atoms with Gasteiger partial charge >= 0.3 is 12.0 Å². The quantitative estimate of drug-likeness (QED) is 0.554. The summed E-state index contributed by atoms with van der Waals surface area (Å²) >= 11 is 0. The van der Waals surface area contributed by atoms with Crippen LogP contribution in [0.3, 0.4) is 0 Å². The second kappa shape index (κ2) is 6.62. The Morgan fingerprint density at radius 1 is 1.43 bits per heavy atom. The van der Waals surface area contributed by atoms with Crippen molar-refractivity contribution >= 4 is 12.0 Å². The van der Waals surface area contributed by atoms with Crippen molar-refractivity contribution in [3.05, 3.63) is 0 Å². The molecular formula is C14H26N2O5. The number of amides is 2. The van der Waals surface area contributed by atoms with Gasteiger partial charge in [-0.15, -0.1) is 0 Å². The monoisotopic (exact) mass is 302 g/mol. The lowest BCUT2D eigenvalue weighted by Crippen LogP contribution is -2.63. The minimum atomic E-state index is -1.47. The van der Waals surface area contributed by atoms with Gasteiger partial charge < -0.3 is 25.6 Å². The van der Waals surface area contributed by atoms with Gasteiger partial charge in [0, 0.05) is 24.6 Å². The standard InChI is InChI=1S/C14H26N2O5/c1-5-21-10-6-9(13(10,2)3)16-12(19)15-8-14(4,20)7-11(17)18/h9-10,20H,5-8H2,1-4H3,(H,17,18)(H2,15,16,19). The van der Waals surface area contributed by atoms with E-state index in [1.54, 1.807) is 0 Å². The Bertz CT molecular complexity index is 395. The molecule has 21 heavy (non-hydrogen) atoms. The van der Waals surface area contributed by atoms with Crippen LogP contribution in [0.2, 0.25) is 0 Å². The van der Waals surface area contributed by atoms with Crippen molar-refractivity contribution < 1.29 is 24.5 Å².